The maximum atomic E-state index is 13.2. The third kappa shape index (κ3) is 5.49. The van der Waals surface area contributed by atoms with Crippen molar-refractivity contribution >= 4 is 5.97 Å². The molecule has 27 heavy (non-hydrogen) atoms. The maximum absolute atomic E-state index is 13.2. The predicted octanol–water partition coefficient (Wildman–Crippen LogP) is 6.42. The largest absolute Gasteiger partial charge is 0.426 e. The molecular formula is C22H29F3O2. The summed E-state index contributed by atoms with van der Waals surface area (Å²) in [5.74, 6) is -2.83. The Morgan fingerprint density at radius 3 is 1.89 bits per heavy atom. The van der Waals surface area contributed by atoms with E-state index in [-0.39, 0.29) is 11.7 Å². The van der Waals surface area contributed by atoms with Crippen LogP contribution in [0.4, 0.5) is 13.2 Å². The molecule has 0 radical (unpaired) electrons. The molecule has 5 heteroatoms. The summed E-state index contributed by atoms with van der Waals surface area (Å²) in [4.78, 5) is 12.3. The van der Waals surface area contributed by atoms with Gasteiger partial charge in [-0.15, -0.1) is 0 Å². The van der Waals surface area contributed by atoms with Gasteiger partial charge in [-0.05, 0) is 43.4 Å². The van der Waals surface area contributed by atoms with E-state index in [9.17, 15) is 18.0 Å². The summed E-state index contributed by atoms with van der Waals surface area (Å²) in [5.41, 5.74) is 0. The molecule has 0 unspecified atom stereocenters. The molecule has 0 atom stereocenters. The van der Waals surface area contributed by atoms with E-state index in [0.717, 1.165) is 37.5 Å². The minimum atomic E-state index is -1.55. The SMILES string of the molecule is C[C@H]1CC[C@H](CC[C@H]2CC[C@H](C(=O)Oc3cc(F)c(F)c(F)c3)CC2)CC1. The number of ether oxygens (including phenoxy) is 1. The first-order valence-electron chi connectivity index (χ1n) is 10.3. The number of rotatable bonds is 5. The van der Waals surface area contributed by atoms with E-state index < -0.39 is 23.4 Å². The van der Waals surface area contributed by atoms with Gasteiger partial charge in [-0.1, -0.05) is 45.4 Å². The second-order valence-electron chi connectivity index (χ2n) is 8.54. The summed E-state index contributed by atoms with van der Waals surface area (Å²) in [6, 6.07) is 1.43. The molecule has 2 nitrogen and oxygen atoms in total. The van der Waals surface area contributed by atoms with E-state index in [4.69, 9.17) is 4.74 Å². The molecule has 1 aromatic rings. The smallest absolute Gasteiger partial charge is 0.314 e. The van der Waals surface area contributed by atoms with E-state index in [0.29, 0.717) is 18.1 Å². The second kappa shape index (κ2) is 9.11. The Hall–Kier alpha value is -1.52. The fraction of sp³-hybridized carbons (Fsp3) is 0.682. The van der Waals surface area contributed by atoms with E-state index >= 15 is 0 Å². The summed E-state index contributed by atoms with van der Waals surface area (Å²) in [7, 11) is 0. The van der Waals surface area contributed by atoms with Crippen molar-refractivity contribution < 1.29 is 22.7 Å². The van der Waals surface area contributed by atoms with E-state index in [1.165, 1.54) is 38.5 Å². The van der Waals surface area contributed by atoms with Crippen LogP contribution in [-0.2, 0) is 4.79 Å². The normalized spacial score (nSPS) is 28.7. The van der Waals surface area contributed by atoms with Crippen LogP contribution in [-0.4, -0.2) is 5.97 Å². The fourth-order valence-corrected chi connectivity index (χ4v) is 4.57. The van der Waals surface area contributed by atoms with Crippen LogP contribution in [0.2, 0.25) is 0 Å². The van der Waals surface area contributed by atoms with Crippen molar-refractivity contribution in [1.82, 2.24) is 0 Å². The van der Waals surface area contributed by atoms with Gasteiger partial charge < -0.3 is 4.74 Å². The average Bonchev–Trinajstić information content (AvgIpc) is 2.66. The lowest BCUT2D eigenvalue weighted by Gasteiger charge is -2.30. The van der Waals surface area contributed by atoms with E-state index in [2.05, 4.69) is 6.92 Å². The van der Waals surface area contributed by atoms with Crippen LogP contribution in [0.15, 0.2) is 12.1 Å². The van der Waals surface area contributed by atoms with Gasteiger partial charge in [0.05, 0.1) is 5.92 Å². The molecule has 0 saturated heterocycles. The van der Waals surface area contributed by atoms with E-state index in [1.807, 2.05) is 0 Å². The highest BCUT2D eigenvalue weighted by Crippen LogP contribution is 2.37. The average molecular weight is 382 g/mol. The first kappa shape index (κ1) is 20.2. The molecular weight excluding hydrogens is 353 g/mol. The molecule has 2 fully saturated rings. The van der Waals surface area contributed by atoms with Crippen molar-refractivity contribution in [3.05, 3.63) is 29.6 Å². The van der Waals surface area contributed by atoms with Gasteiger partial charge in [0.1, 0.15) is 5.75 Å². The molecule has 2 aliphatic carbocycles. The maximum Gasteiger partial charge on any atom is 0.314 e. The van der Waals surface area contributed by atoms with Gasteiger partial charge in [-0.2, -0.15) is 0 Å². The van der Waals surface area contributed by atoms with Gasteiger partial charge in [-0.3, -0.25) is 4.79 Å². The number of esters is 1. The zero-order chi connectivity index (χ0) is 19.4. The quantitative estimate of drug-likeness (QED) is 0.334. The number of hydrogen-bond donors (Lipinski definition) is 0. The summed E-state index contributed by atoms with van der Waals surface area (Å²) in [6.07, 6.45) is 11.4. The van der Waals surface area contributed by atoms with Crippen LogP contribution >= 0.6 is 0 Å². The molecule has 0 aromatic heterocycles. The topological polar surface area (TPSA) is 26.3 Å². The van der Waals surface area contributed by atoms with Crippen LogP contribution in [0.1, 0.15) is 71.1 Å². The lowest BCUT2D eigenvalue weighted by Crippen LogP contribution is -2.26. The van der Waals surface area contributed by atoms with Gasteiger partial charge in [0.15, 0.2) is 17.5 Å². The Bertz CT molecular complexity index is 622. The summed E-state index contributed by atoms with van der Waals surface area (Å²) in [5, 5.41) is 0. The van der Waals surface area contributed by atoms with Gasteiger partial charge in [-0.25, -0.2) is 13.2 Å². The monoisotopic (exact) mass is 382 g/mol. The molecule has 1 aromatic carbocycles. The fourth-order valence-electron chi connectivity index (χ4n) is 4.57. The van der Waals surface area contributed by atoms with E-state index in [1.54, 1.807) is 0 Å². The number of carbonyl (C=O) groups is 1. The summed E-state index contributed by atoms with van der Waals surface area (Å²) < 4.78 is 44.5. The van der Waals surface area contributed by atoms with Crippen LogP contribution < -0.4 is 4.74 Å². The van der Waals surface area contributed by atoms with Crippen LogP contribution in [0, 0.1) is 41.1 Å². The minimum Gasteiger partial charge on any atom is -0.426 e. The minimum absolute atomic E-state index is 0.243. The summed E-state index contributed by atoms with van der Waals surface area (Å²) >= 11 is 0. The lowest BCUT2D eigenvalue weighted by molar-refractivity contribution is -0.140. The van der Waals surface area contributed by atoms with Crippen LogP contribution in [0.5, 0.6) is 5.75 Å². The Morgan fingerprint density at radius 2 is 1.37 bits per heavy atom. The van der Waals surface area contributed by atoms with Crippen molar-refractivity contribution in [3.8, 4) is 5.75 Å². The van der Waals surface area contributed by atoms with Crippen LogP contribution in [0.3, 0.4) is 0 Å². The lowest BCUT2D eigenvalue weighted by atomic mass is 9.76. The Morgan fingerprint density at radius 1 is 0.889 bits per heavy atom. The van der Waals surface area contributed by atoms with Gasteiger partial charge in [0.2, 0.25) is 0 Å². The highest BCUT2D eigenvalue weighted by molar-refractivity contribution is 5.75. The first-order valence-corrected chi connectivity index (χ1v) is 10.3. The molecule has 0 bridgehead atoms. The van der Waals surface area contributed by atoms with Gasteiger partial charge in [0.25, 0.3) is 0 Å². The number of halogens is 3. The zero-order valence-electron chi connectivity index (χ0n) is 16.0. The third-order valence-corrected chi connectivity index (χ3v) is 6.47. The highest BCUT2D eigenvalue weighted by Gasteiger charge is 2.29. The molecule has 2 saturated carbocycles. The number of hydrogen-bond acceptors (Lipinski definition) is 2. The molecule has 0 amide bonds. The first-order chi connectivity index (χ1) is 12.9. The Labute approximate surface area is 159 Å². The summed E-state index contributed by atoms with van der Waals surface area (Å²) in [6.45, 7) is 2.34. The third-order valence-electron chi connectivity index (χ3n) is 6.47. The van der Waals surface area contributed by atoms with Crippen molar-refractivity contribution in [3.63, 3.8) is 0 Å². The zero-order valence-corrected chi connectivity index (χ0v) is 16.0. The predicted molar refractivity (Wildman–Crippen MR) is 97.8 cm³/mol. The Kier molecular flexibility index (Phi) is 6.83. The Balaban J connectivity index is 1.41. The van der Waals surface area contributed by atoms with Crippen molar-refractivity contribution in [1.29, 1.82) is 0 Å². The van der Waals surface area contributed by atoms with Crippen molar-refractivity contribution in [2.24, 2.45) is 23.7 Å². The molecule has 0 aliphatic heterocycles. The number of carbonyl (C=O) groups excluding carboxylic acids is 1. The van der Waals surface area contributed by atoms with Gasteiger partial charge >= 0.3 is 5.97 Å². The number of benzene rings is 1. The molecule has 3 rings (SSSR count). The van der Waals surface area contributed by atoms with Crippen LogP contribution in [0.25, 0.3) is 0 Å². The van der Waals surface area contributed by atoms with Gasteiger partial charge in [0, 0.05) is 12.1 Å². The van der Waals surface area contributed by atoms with Crippen molar-refractivity contribution in [2.75, 3.05) is 0 Å². The highest BCUT2D eigenvalue weighted by atomic mass is 19.2. The molecule has 0 spiro atoms. The molecule has 2 aliphatic rings. The second-order valence-corrected chi connectivity index (χ2v) is 8.54. The van der Waals surface area contributed by atoms with Crippen molar-refractivity contribution in [2.45, 2.75) is 71.1 Å². The molecule has 0 N–H and O–H groups in total. The standard InChI is InChI=1S/C22H29F3O2/c1-14-2-4-15(5-3-14)6-7-16-8-10-17(11-9-16)22(26)27-18-12-19(23)21(25)20(24)13-18/h12-17H,2-11H2,1H3/t14-,15-,16-,17-. The molecule has 0 heterocycles. The molecule has 150 valence electrons.